The van der Waals surface area contributed by atoms with E-state index < -0.39 is 66.4 Å². The van der Waals surface area contributed by atoms with E-state index in [1.54, 1.807) is 20.8 Å². The van der Waals surface area contributed by atoms with E-state index in [2.05, 4.69) is 6.58 Å². The van der Waals surface area contributed by atoms with Crippen LogP contribution in [0.2, 0.25) is 0 Å². The molecule has 1 saturated heterocycles. The molecule has 0 radical (unpaired) electrons. The predicted octanol–water partition coefficient (Wildman–Crippen LogP) is 7.29. The minimum atomic E-state index is -7.93. The van der Waals surface area contributed by atoms with Crippen LogP contribution in [0.1, 0.15) is 40.0 Å². The van der Waals surface area contributed by atoms with Crippen LogP contribution in [0.4, 0.5) is 61.9 Å². The lowest BCUT2D eigenvalue weighted by atomic mass is 9.92. The van der Waals surface area contributed by atoms with Gasteiger partial charge in [0, 0.05) is 19.0 Å². The van der Waals surface area contributed by atoms with E-state index in [4.69, 9.17) is 9.47 Å². The van der Waals surface area contributed by atoms with Crippen LogP contribution in [0.15, 0.2) is 12.3 Å². The first-order chi connectivity index (χ1) is 16.2. The molecule has 0 bridgehead atoms. The zero-order valence-electron chi connectivity index (χ0n) is 19.6. The van der Waals surface area contributed by atoms with Gasteiger partial charge in [0.05, 0.1) is 18.8 Å². The van der Waals surface area contributed by atoms with E-state index in [-0.39, 0.29) is 31.7 Å². The molecular formula is C20H24F13NO3. The Bertz CT molecular complexity index is 826. The molecule has 0 aliphatic carbocycles. The van der Waals surface area contributed by atoms with Gasteiger partial charge in [-0.05, 0) is 33.6 Å². The molecule has 1 aliphatic heterocycles. The number of alkyl halides is 13. The highest BCUT2D eigenvalue weighted by Crippen LogP contribution is 2.60. The SMILES string of the molecule is C=C(OCCC(F)(F)C(F)(F)C(F)(F)C(F)(F)C(F)(F)C(F)(F)F)C1CCN(C(=O)OC(C)(C)C)CC1. The summed E-state index contributed by atoms with van der Waals surface area (Å²) in [6.45, 7) is 6.80. The first-order valence-corrected chi connectivity index (χ1v) is 10.5. The summed E-state index contributed by atoms with van der Waals surface area (Å²) in [6.07, 6.45) is -10.3. The second kappa shape index (κ2) is 10.2. The zero-order chi connectivity index (χ0) is 29.5. The van der Waals surface area contributed by atoms with Gasteiger partial charge < -0.3 is 14.4 Å². The fourth-order valence-corrected chi connectivity index (χ4v) is 3.10. The minimum absolute atomic E-state index is 0.0743. The number of halogens is 13. The predicted molar refractivity (Wildman–Crippen MR) is 101 cm³/mol. The smallest absolute Gasteiger partial charge is 0.460 e. The Balaban J connectivity index is 2.81. The molecule has 1 aliphatic rings. The van der Waals surface area contributed by atoms with Crippen LogP contribution in [0.3, 0.4) is 0 Å². The maximum atomic E-state index is 13.8. The third-order valence-corrected chi connectivity index (χ3v) is 5.30. The Labute approximate surface area is 202 Å². The highest BCUT2D eigenvalue weighted by atomic mass is 19.4. The number of hydrogen-bond donors (Lipinski definition) is 0. The van der Waals surface area contributed by atoms with E-state index >= 15 is 0 Å². The van der Waals surface area contributed by atoms with Gasteiger partial charge in [0.2, 0.25) is 0 Å². The molecule has 17 heteroatoms. The van der Waals surface area contributed by atoms with Gasteiger partial charge in [-0.3, -0.25) is 0 Å². The third-order valence-electron chi connectivity index (χ3n) is 5.30. The highest BCUT2D eigenvalue weighted by molar-refractivity contribution is 5.68. The van der Waals surface area contributed by atoms with Crippen molar-refractivity contribution in [3.8, 4) is 0 Å². The van der Waals surface area contributed by atoms with Crippen molar-refractivity contribution in [1.82, 2.24) is 4.90 Å². The summed E-state index contributed by atoms with van der Waals surface area (Å²) >= 11 is 0. The normalized spacial score (nSPS) is 17.6. The molecule has 1 amide bonds. The second-order valence-corrected chi connectivity index (χ2v) is 9.31. The first kappa shape index (κ1) is 32.9. The van der Waals surface area contributed by atoms with Gasteiger partial charge >= 0.3 is 41.9 Å². The van der Waals surface area contributed by atoms with E-state index in [0.29, 0.717) is 0 Å². The Morgan fingerprint density at radius 1 is 0.784 bits per heavy atom. The molecule has 0 aromatic rings. The maximum Gasteiger partial charge on any atom is 0.460 e. The summed E-state index contributed by atoms with van der Waals surface area (Å²) in [7, 11) is 0. The molecule has 0 unspecified atom stereocenters. The topological polar surface area (TPSA) is 38.8 Å². The quantitative estimate of drug-likeness (QED) is 0.215. The number of hydrogen-bond acceptors (Lipinski definition) is 3. The van der Waals surface area contributed by atoms with Gasteiger partial charge in [0.25, 0.3) is 0 Å². The Hall–Kier alpha value is -2.10. The number of rotatable bonds is 9. The monoisotopic (exact) mass is 573 g/mol. The first-order valence-electron chi connectivity index (χ1n) is 10.5. The van der Waals surface area contributed by atoms with Crippen molar-refractivity contribution in [2.75, 3.05) is 19.7 Å². The van der Waals surface area contributed by atoms with Crippen molar-refractivity contribution in [2.45, 2.75) is 81.4 Å². The van der Waals surface area contributed by atoms with Crippen LogP contribution >= 0.6 is 0 Å². The second-order valence-electron chi connectivity index (χ2n) is 9.31. The number of piperidine rings is 1. The molecule has 0 spiro atoms. The molecule has 0 aromatic heterocycles. The summed E-state index contributed by atoms with van der Waals surface area (Å²) in [5.41, 5.74) is -0.794. The van der Waals surface area contributed by atoms with E-state index in [0.717, 1.165) is 0 Å². The Morgan fingerprint density at radius 2 is 1.22 bits per heavy atom. The average molecular weight is 573 g/mol. The lowest BCUT2D eigenvalue weighted by Crippen LogP contribution is -2.70. The molecule has 0 saturated carbocycles. The largest absolute Gasteiger partial charge is 0.498 e. The molecule has 1 heterocycles. The van der Waals surface area contributed by atoms with Crippen molar-refractivity contribution < 1.29 is 71.3 Å². The summed E-state index contributed by atoms with van der Waals surface area (Å²) in [5, 5.41) is 0. The van der Waals surface area contributed by atoms with Crippen LogP contribution in [-0.4, -0.2) is 72.1 Å². The van der Waals surface area contributed by atoms with Crippen molar-refractivity contribution in [2.24, 2.45) is 5.92 Å². The number of carbonyl (C=O) groups is 1. The zero-order valence-corrected chi connectivity index (χ0v) is 19.6. The minimum Gasteiger partial charge on any atom is -0.498 e. The van der Waals surface area contributed by atoms with Crippen molar-refractivity contribution in [3.05, 3.63) is 12.3 Å². The Kier molecular flexibility index (Phi) is 9.10. The fraction of sp³-hybridized carbons (Fsp3) is 0.850. The van der Waals surface area contributed by atoms with Crippen LogP contribution in [0, 0.1) is 5.92 Å². The van der Waals surface area contributed by atoms with Crippen LogP contribution < -0.4 is 0 Å². The number of carbonyl (C=O) groups excluding carboxylic acids is 1. The van der Waals surface area contributed by atoms with Gasteiger partial charge in [0.15, 0.2) is 0 Å². The molecule has 1 fully saturated rings. The number of likely N-dealkylation sites (tertiary alicyclic amines) is 1. The van der Waals surface area contributed by atoms with Gasteiger partial charge in [-0.1, -0.05) is 6.58 Å². The van der Waals surface area contributed by atoms with Crippen molar-refractivity contribution in [1.29, 1.82) is 0 Å². The fourth-order valence-electron chi connectivity index (χ4n) is 3.10. The summed E-state index contributed by atoms with van der Waals surface area (Å²) in [5.74, 6) is -38.0. The molecule has 37 heavy (non-hydrogen) atoms. The van der Waals surface area contributed by atoms with Crippen molar-refractivity contribution in [3.63, 3.8) is 0 Å². The number of ether oxygens (including phenoxy) is 2. The lowest BCUT2D eigenvalue weighted by Gasteiger charge is -2.39. The highest BCUT2D eigenvalue weighted by Gasteiger charge is 2.90. The van der Waals surface area contributed by atoms with E-state index in [1.807, 2.05) is 0 Å². The number of nitrogens with zero attached hydrogens (tertiary/aromatic N) is 1. The molecule has 218 valence electrons. The maximum absolute atomic E-state index is 13.8. The standard InChI is InChI=1S/C20H24F13NO3/c1-11(12-5-8-34(9-6-12)13(35)37-14(2,3)4)36-10-7-15(21,22)16(23,24)17(25,26)18(27,28)19(29,30)20(31,32)33/h12H,1,5-10H2,2-4H3. The van der Waals surface area contributed by atoms with Gasteiger partial charge in [-0.25, -0.2) is 4.79 Å². The van der Waals surface area contributed by atoms with Gasteiger partial charge in [-0.2, -0.15) is 57.1 Å². The molecule has 0 N–H and O–H groups in total. The summed E-state index contributed by atoms with van der Waals surface area (Å²) in [6, 6.07) is 0. The summed E-state index contributed by atoms with van der Waals surface area (Å²) in [4.78, 5) is 13.3. The van der Waals surface area contributed by atoms with Crippen LogP contribution in [0.5, 0.6) is 0 Å². The molecular weight excluding hydrogens is 549 g/mol. The average Bonchev–Trinajstić information content (AvgIpc) is 2.71. The van der Waals surface area contributed by atoms with E-state index in [9.17, 15) is 61.9 Å². The molecule has 0 atom stereocenters. The third kappa shape index (κ3) is 6.49. The lowest BCUT2D eigenvalue weighted by molar-refractivity contribution is -0.440. The Morgan fingerprint density at radius 3 is 1.62 bits per heavy atom. The molecule has 0 aromatic carbocycles. The molecule has 1 rings (SSSR count). The number of allylic oxidation sites excluding steroid dienone is 1. The van der Waals surface area contributed by atoms with E-state index in [1.165, 1.54) is 4.90 Å². The van der Waals surface area contributed by atoms with Gasteiger partial charge in [0.1, 0.15) is 5.60 Å². The number of amides is 1. The molecule has 4 nitrogen and oxygen atoms in total. The van der Waals surface area contributed by atoms with Gasteiger partial charge in [-0.15, -0.1) is 0 Å². The van der Waals surface area contributed by atoms with Crippen molar-refractivity contribution >= 4 is 6.09 Å². The van der Waals surface area contributed by atoms with Crippen LogP contribution in [0.25, 0.3) is 0 Å². The van der Waals surface area contributed by atoms with Crippen LogP contribution in [-0.2, 0) is 9.47 Å². The summed E-state index contributed by atoms with van der Waals surface area (Å²) < 4.78 is 180.